The Hall–Kier alpha value is -1.38. The fourth-order valence-corrected chi connectivity index (χ4v) is 3.75. The molecule has 1 fully saturated rings. The molecular formula is C24H36IN3O2. The second-order valence-corrected chi connectivity index (χ2v) is 7.68. The van der Waals surface area contributed by atoms with Crippen molar-refractivity contribution in [3.05, 3.63) is 48.0 Å². The van der Waals surface area contributed by atoms with Crippen LogP contribution < -0.4 is 10.6 Å². The summed E-state index contributed by atoms with van der Waals surface area (Å²) in [6.07, 6.45) is 3.18. The van der Waals surface area contributed by atoms with Gasteiger partial charge in [0.1, 0.15) is 0 Å². The molecule has 0 saturated carbocycles. The van der Waals surface area contributed by atoms with Crippen LogP contribution in [-0.4, -0.2) is 45.5 Å². The first-order chi connectivity index (χ1) is 14.3. The van der Waals surface area contributed by atoms with Crippen LogP contribution in [0.3, 0.4) is 0 Å². The molecule has 2 aromatic rings. The van der Waals surface area contributed by atoms with E-state index in [1.807, 2.05) is 0 Å². The van der Waals surface area contributed by atoms with E-state index in [0.717, 1.165) is 64.7 Å². The van der Waals surface area contributed by atoms with Crippen LogP contribution in [0.15, 0.2) is 47.5 Å². The molecule has 6 heteroatoms. The number of aliphatic imine (C=N–C) groups is 1. The lowest BCUT2D eigenvalue weighted by Gasteiger charge is -2.21. The zero-order valence-electron chi connectivity index (χ0n) is 18.2. The summed E-state index contributed by atoms with van der Waals surface area (Å²) >= 11 is 0. The van der Waals surface area contributed by atoms with Crippen molar-refractivity contribution in [3.63, 3.8) is 0 Å². The topological polar surface area (TPSA) is 54.9 Å². The summed E-state index contributed by atoms with van der Waals surface area (Å²) in [7, 11) is 0. The highest BCUT2D eigenvalue weighted by Crippen LogP contribution is 2.24. The van der Waals surface area contributed by atoms with Gasteiger partial charge in [0.2, 0.25) is 0 Å². The van der Waals surface area contributed by atoms with Crippen molar-refractivity contribution in [2.24, 2.45) is 10.9 Å². The zero-order valence-corrected chi connectivity index (χ0v) is 20.6. The molecule has 0 aromatic heterocycles. The van der Waals surface area contributed by atoms with E-state index >= 15 is 0 Å². The lowest BCUT2D eigenvalue weighted by Crippen LogP contribution is -2.38. The molecule has 1 aliphatic rings. The Morgan fingerprint density at radius 3 is 2.73 bits per heavy atom. The fourth-order valence-electron chi connectivity index (χ4n) is 3.75. The predicted octanol–water partition coefficient (Wildman–Crippen LogP) is 4.91. The van der Waals surface area contributed by atoms with Gasteiger partial charge in [-0.05, 0) is 55.4 Å². The fraction of sp³-hybridized carbons (Fsp3) is 0.542. The molecule has 5 nitrogen and oxygen atoms in total. The molecule has 0 aliphatic carbocycles. The molecule has 0 spiro atoms. The number of hydrogen-bond acceptors (Lipinski definition) is 3. The van der Waals surface area contributed by atoms with Crippen molar-refractivity contribution < 1.29 is 9.47 Å². The first-order valence-electron chi connectivity index (χ1n) is 11.0. The van der Waals surface area contributed by atoms with Crippen LogP contribution in [0.25, 0.3) is 10.8 Å². The van der Waals surface area contributed by atoms with Gasteiger partial charge in [-0.25, -0.2) is 0 Å². The molecule has 0 bridgehead atoms. The summed E-state index contributed by atoms with van der Waals surface area (Å²) in [4.78, 5) is 4.74. The van der Waals surface area contributed by atoms with E-state index in [1.165, 1.54) is 16.3 Å². The predicted molar refractivity (Wildman–Crippen MR) is 136 cm³/mol. The zero-order chi connectivity index (χ0) is 20.3. The molecule has 1 saturated heterocycles. The third kappa shape index (κ3) is 7.71. The van der Waals surface area contributed by atoms with Crippen molar-refractivity contribution in [1.29, 1.82) is 0 Å². The maximum Gasteiger partial charge on any atom is 0.191 e. The Labute approximate surface area is 198 Å². The molecule has 166 valence electrons. The van der Waals surface area contributed by atoms with Crippen molar-refractivity contribution in [1.82, 2.24) is 10.6 Å². The average molecular weight is 525 g/mol. The highest BCUT2D eigenvalue weighted by molar-refractivity contribution is 14.0. The second-order valence-electron chi connectivity index (χ2n) is 7.68. The van der Waals surface area contributed by atoms with Gasteiger partial charge < -0.3 is 20.1 Å². The first-order valence-corrected chi connectivity index (χ1v) is 11.0. The van der Waals surface area contributed by atoms with Crippen molar-refractivity contribution in [2.75, 3.05) is 39.5 Å². The van der Waals surface area contributed by atoms with E-state index in [-0.39, 0.29) is 30.0 Å². The Kier molecular flexibility index (Phi) is 11.5. The summed E-state index contributed by atoms with van der Waals surface area (Å²) in [6.45, 7) is 9.25. The first kappa shape index (κ1) is 24.9. The van der Waals surface area contributed by atoms with Crippen LogP contribution >= 0.6 is 24.0 Å². The van der Waals surface area contributed by atoms with Gasteiger partial charge in [0.05, 0.1) is 6.04 Å². The number of halogens is 1. The van der Waals surface area contributed by atoms with Crippen molar-refractivity contribution in [2.45, 2.75) is 39.2 Å². The highest BCUT2D eigenvalue weighted by Gasteiger charge is 2.13. The summed E-state index contributed by atoms with van der Waals surface area (Å²) < 4.78 is 11.2. The molecule has 2 N–H and O–H groups in total. The van der Waals surface area contributed by atoms with Crippen LogP contribution in [-0.2, 0) is 9.47 Å². The van der Waals surface area contributed by atoms with Gasteiger partial charge in [-0.1, -0.05) is 42.5 Å². The Bertz CT molecular complexity index is 773. The van der Waals surface area contributed by atoms with Crippen molar-refractivity contribution >= 4 is 40.7 Å². The van der Waals surface area contributed by atoms with Crippen LogP contribution in [0, 0.1) is 5.92 Å². The number of benzene rings is 2. The van der Waals surface area contributed by atoms with Gasteiger partial charge in [-0.3, -0.25) is 4.99 Å². The molecule has 1 heterocycles. The van der Waals surface area contributed by atoms with Gasteiger partial charge in [0.25, 0.3) is 0 Å². The largest absolute Gasteiger partial charge is 0.381 e. The molecule has 1 unspecified atom stereocenters. The molecule has 3 rings (SSSR count). The minimum Gasteiger partial charge on any atom is -0.381 e. The number of guanidine groups is 1. The van der Waals surface area contributed by atoms with E-state index < -0.39 is 0 Å². The quantitative estimate of drug-likeness (QED) is 0.212. The summed E-state index contributed by atoms with van der Waals surface area (Å²) in [6, 6.07) is 15.2. The lowest BCUT2D eigenvalue weighted by atomic mass is 10.00. The number of hydrogen-bond donors (Lipinski definition) is 2. The maximum atomic E-state index is 5.85. The molecule has 1 atom stereocenters. The van der Waals surface area contributed by atoms with Gasteiger partial charge in [0, 0.05) is 39.5 Å². The number of nitrogens with one attached hydrogen (secondary N) is 2. The average Bonchev–Trinajstić information content (AvgIpc) is 2.76. The van der Waals surface area contributed by atoms with Gasteiger partial charge >= 0.3 is 0 Å². The highest BCUT2D eigenvalue weighted by atomic mass is 127. The Morgan fingerprint density at radius 2 is 1.93 bits per heavy atom. The van der Waals surface area contributed by atoms with Crippen LogP contribution in [0.2, 0.25) is 0 Å². The molecule has 0 radical (unpaired) electrons. The molecule has 1 aliphatic heterocycles. The van der Waals surface area contributed by atoms with Gasteiger partial charge in [-0.2, -0.15) is 0 Å². The van der Waals surface area contributed by atoms with E-state index in [4.69, 9.17) is 14.5 Å². The summed E-state index contributed by atoms with van der Waals surface area (Å²) in [5.41, 5.74) is 1.29. The minimum atomic E-state index is 0. The van der Waals surface area contributed by atoms with Crippen LogP contribution in [0.1, 0.15) is 44.7 Å². The van der Waals surface area contributed by atoms with Crippen LogP contribution in [0.4, 0.5) is 0 Å². The maximum absolute atomic E-state index is 5.85. The number of fused-ring (bicyclic) bond motifs is 1. The Balaban J connectivity index is 0.00000320. The van der Waals surface area contributed by atoms with E-state index in [1.54, 1.807) is 0 Å². The second kappa shape index (κ2) is 13.8. The molecule has 30 heavy (non-hydrogen) atoms. The van der Waals surface area contributed by atoms with E-state index in [9.17, 15) is 0 Å². The summed E-state index contributed by atoms with van der Waals surface area (Å²) in [5.74, 6) is 1.52. The Morgan fingerprint density at radius 1 is 1.17 bits per heavy atom. The van der Waals surface area contributed by atoms with Crippen molar-refractivity contribution in [3.8, 4) is 0 Å². The number of nitrogens with zero attached hydrogens (tertiary/aromatic N) is 1. The number of ether oxygens (including phenoxy) is 2. The van der Waals surface area contributed by atoms with E-state index in [2.05, 4.69) is 66.9 Å². The minimum absolute atomic E-state index is 0. The SMILES string of the molecule is CCNC(=NCCCOCC1CCOCC1)NC(C)c1cccc2ccccc12.I. The number of rotatable bonds is 9. The van der Waals surface area contributed by atoms with Gasteiger partial charge in [0.15, 0.2) is 5.96 Å². The molecule has 2 aromatic carbocycles. The van der Waals surface area contributed by atoms with Crippen LogP contribution in [0.5, 0.6) is 0 Å². The summed E-state index contributed by atoms with van der Waals surface area (Å²) in [5, 5.41) is 9.46. The monoisotopic (exact) mass is 525 g/mol. The normalized spacial score (nSPS) is 16.1. The molecular weight excluding hydrogens is 489 g/mol. The van der Waals surface area contributed by atoms with Gasteiger partial charge in [-0.15, -0.1) is 24.0 Å². The third-order valence-electron chi connectivity index (χ3n) is 5.40. The van der Waals surface area contributed by atoms with E-state index in [0.29, 0.717) is 5.92 Å². The molecule has 0 amide bonds. The standard InChI is InChI=1S/C24H35N3O2.HI/c1-3-25-24(26-14-7-15-29-18-20-12-16-28-17-13-20)27-19(2)22-11-6-9-21-8-4-5-10-23(21)22;/h4-6,8-11,19-20H,3,7,12-18H2,1-2H3,(H2,25,26,27);1H. The third-order valence-corrected chi connectivity index (χ3v) is 5.40. The smallest absolute Gasteiger partial charge is 0.191 e. The lowest BCUT2D eigenvalue weighted by molar-refractivity contribution is 0.0205.